The highest BCUT2D eigenvalue weighted by Gasteiger charge is 2.16. The normalized spacial score (nSPS) is 16.9. The molecule has 0 aromatic heterocycles. The molecule has 0 amide bonds. The van der Waals surface area contributed by atoms with Gasteiger partial charge < -0.3 is 10.2 Å². The lowest BCUT2D eigenvalue weighted by molar-refractivity contribution is 0.446. The quantitative estimate of drug-likeness (QED) is 0.716. The molecule has 1 saturated heterocycles. The minimum atomic E-state index is -1.41. The van der Waals surface area contributed by atoms with Gasteiger partial charge in [0.05, 0.1) is 0 Å². The molecular weight excluding hydrogens is 205 g/mol. The van der Waals surface area contributed by atoms with Gasteiger partial charge in [-0.1, -0.05) is 0 Å². The van der Waals surface area contributed by atoms with E-state index in [4.69, 9.17) is 0 Å². The summed E-state index contributed by atoms with van der Waals surface area (Å²) in [6.45, 7) is 2.87. The number of hydrogen-bond acceptors (Lipinski definition) is 2. The fourth-order valence-corrected chi connectivity index (χ4v) is 1.65. The van der Waals surface area contributed by atoms with Crippen molar-refractivity contribution < 1.29 is 13.2 Å². The van der Waals surface area contributed by atoms with Crippen LogP contribution in [0.1, 0.15) is 0 Å². The molecule has 1 N–H and O–H groups in total. The van der Waals surface area contributed by atoms with Crippen molar-refractivity contribution in [1.82, 2.24) is 5.32 Å². The van der Waals surface area contributed by atoms with Crippen LogP contribution < -0.4 is 10.2 Å². The molecule has 82 valence electrons. The van der Waals surface area contributed by atoms with Crippen molar-refractivity contribution >= 4 is 5.69 Å². The van der Waals surface area contributed by atoms with E-state index in [2.05, 4.69) is 5.32 Å². The minimum Gasteiger partial charge on any atom is -0.369 e. The van der Waals surface area contributed by atoms with Crippen LogP contribution >= 0.6 is 0 Å². The minimum absolute atomic E-state index is 0.396. The number of hydrogen-bond donors (Lipinski definition) is 1. The number of nitrogens with zero attached hydrogens (tertiary/aromatic N) is 1. The van der Waals surface area contributed by atoms with E-state index >= 15 is 0 Å². The topological polar surface area (TPSA) is 15.3 Å². The zero-order chi connectivity index (χ0) is 10.8. The molecule has 1 aliphatic rings. The Bertz CT molecular complexity index is 339. The van der Waals surface area contributed by atoms with Gasteiger partial charge in [-0.05, 0) is 0 Å². The molecule has 2 nitrogen and oxygen atoms in total. The molecule has 1 aromatic carbocycles. The summed E-state index contributed by atoms with van der Waals surface area (Å²) in [6, 6.07) is 2.06. The van der Waals surface area contributed by atoms with E-state index in [1.165, 1.54) is 0 Å². The second kappa shape index (κ2) is 4.10. The third-order valence-corrected chi connectivity index (χ3v) is 2.45. The second-order valence-electron chi connectivity index (χ2n) is 3.46. The Morgan fingerprint density at radius 1 is 1.00 bits per heavy atom. The lowest BCUT2D eigenvalue weighted by atomic mass is 10.2. The standard InChI is InChI=1S/C10H11F3N2/c11-8-5-7(6-9(12)10(8)13)15-3-1-14-2-4-15/h5-6,14H,1-4H2. The Morgan fingerprint density at radius 2 is 1.53 bits per heavy atom. The molecule has 5 heteroatoms. The predicted octanol–water partition coefficient (Wildman–Crippen LogP) is 1.51. The lowest BCUT2D eigenvalue weighted by Gasteiger charge is -2.29. The molecular formula is C10H11F3N2. The maximum Gasteiger partial charge on any atom is 0.194 e. The number of nitrogens with one attached hydrogen (secondary N) is 1. The van der Waals surface area contributed by atoms with Crippen LogP contribution in [0.15, 0.2) is 12.1 Å². The van der Waals surface area contributed by atoms with E-state index in [9.17, 15) is 13.2 Å². The Labute approximate surface area is 85.7 Å². The Hall–Kier alpha value is -1.23. The molecule has 1 heterocycles. The van der Waals surface area contributed by atoms with Crippen molar-refractivity contribution in [2.45, 2.75) is 0 Å². The summed E-state index contributed by atoms with van der Waals surface area (Å²) in [5.41, 5.74) is 0.396. The van der Waals surface area contributed by atoms with Gasteiger partial charge in [-0.25, -0.2) is 13.2 Å². The van der Waals surface area contributed by atoms with Crippen molar-refractivity contribution in [2.75, 3.05) is 31.1 Å². The van der Waals surface area contributed by atoms with Crippen LogP contribution in [0.2, 0.25) is 0 Å². The zero-order valence-corrected chi connectivity index (χ0v) is 8.06. The first-order chi connectivity index (χ1) is 7.18. The van der Waals surface area contributed by atoms with Gasteiger partial charge in [-0.2, -0.15) is 0 Å². The summed E-state index contributed by atoms with van der Waals surface area (Å²) in [4.78, 5) is 1.82. The number of piperazine rings is 1. The van der Waals surface area contributed by atoms with Crippen LogP contribution in [-0.4, -0.2) is 26.2 Å². The number of rotatable bonds is 1. The number of benzene rings is 1. The molecule has 15 heavy (non-hydrogen) atoms. The molecule has 2 rings (SSSR count). The van der Waals surface area contributed by atoms with Crippen LogP contribution in [0, 0.1) is 17.5 Å². The zero-order valence-electron chi connectivity index (χ0n) is 8.06. The van der Waals surface area contributed by atoms with Crippen LogP contribution in [0.3, 0.4) is 0 Å². The Kier molecular flexibility index (Phi) is 2.81. The van der Waals surface area contributed by atoms with Crippen molar-refractivity contribution in [2.24, 2.45) is 0 Å². The van der Waals surface area contributed by atoms with Crippen LogP contribution in [-0.2, 0) is 0 Å². The highest BCUT2D eigenvalue weighted by atomic mass is 19.2. The average Bonchev–Trinajstić information content (AvgIpc) is 2.26. The SMILES string of the molecule is Fc1cc(N2CCNCC2)cc(F)c1F. The summed E-state index contributed by atoms with van der Waals surface area (Å²) in [5.74, 6) is -3.68. The fraction of sp³-hybridized carbons (Fsp3) is 0.400. The van der Waals surface area contributed by atoms with Gasteiger partial charge in [-0.3, -0.25) is 0 Å². The van der Waals surface area contributed by atoms with E-state index in [0.29, 0.717) is 18.8 Å². The molecule has 1 aromatic rings. The second-order valence-corrected chi connectivity index (χ2v) is 3.46. The van der Waals surface area contributed by atoms with Crippen LogP contribution in [0.4, 0.5) is 18.9 Å². The van der Waals surface area contributed by atoms with Crippen molar-refractivity contribution in [3.63, 3.8) is 0 Å². The van der Waals surface area contributed by atoms with Gasteiger partial charge in [0.25, 0.3) is 0 Å². The van der Waals surface area contributed by atoms with E-state index in [0.717, 1.165) is 25.2 Å². The van der Waals surface area contributed by atoms with E-state index in [-0.39, 0.29) is 0 Å². The average molecular weight is 216 g/mol. The van der Waals surface area contributed by atoms with E-state index in [1.807, 2.05) is 4.90 Å². The molecule has 0 aliphatic carbocycles. The highest BCUT2D eigenvalue weighted by molar-refractivity contribution is 5.47. The van der Waals surface area contributed by atoms with E-state index < -0.39 is 17.5 Å². The molecule has 0 radical (unpaired) electrons. The summed E-state index contributed by atoms with van der Waals surface area (Å²) < 4.78 is 38.6. The molecule has 0 bridgehead atoms. The highest BCUT2D eigenvalue weighted by Crippen LogP contribution is 2.21. The first-order valence-electron chi connectivity index (χ1n) is 4.78. The van der Waals surface area contributed by atoms with Crippen molar-refractivity contribution in [3.8, 4) is 0 Å². The molecule has 0 spiro atoms. The Balaban J connectivity index is 2.27. The maximum atomic E-state index is 12.9. The summed E-state index contributed by atoms with van der Waals surface area (Å²) in [7, 11) is 0. The van der Waals surface area contributed by atoms with Crippen molar-refractivity contribution in [3.05, 3.63) is 29.6 Å². The first kappa shape index (κ1) is 10.3. The first-order valence-corrected chi connectivity index (χ1v) is 4.78. The predicted molar refractivity (Wildman–Crippen MR) is 51.4 cm³/mol. The van der Waals surface area contributed by atoms with Gasteiger partial charge in [0.2, 0.25) is 0 Å². The van der Waals surface area contributed by atoms with Crippen LogP contribution in [0.25, 0.3) is 0 Å². The lowest BCUT2D eigenvalue weighted by Crippen LogP contribution is -2.43. The molecule has 1 aliphatic heterocycles. The van der Waals surface area contributed by atoms with Gasteiger partial charge in [0.1, 0.15) is 0 Å². The van der Waals surface area contributed by atoms with E-state index in [1.54, 1.807) is 0 Å². The summed E-state index contributed by atoms with van der Waals surface area (Å²) in [6.07, 6.45) is 0. The summed E-state index contributed by atoms with van der Waals surface area (Å²) >= 11 is 0. The smallest absolute Gasteiger partial charge is 0.194 e. The molecule has 0 atom stereocenters. The molecule has 0 unspecified atom stereocenters. The number of anilines is 1. The van der Waals surface area contributed by atoms with Gasteiger partial charge in [-0.15, -0.1) is 0 Å². The number of halogens is 3. The Morgan fingerprint density at radius 3 is 2.07 bits per heavy atom. The molecule has 0 saturated carbocycles. The monoisotopic (exact) mass is 216 g/mol. The summed E-state index contributed by atoms with van der Waals surface area (Å²) in [5, 5.41) is 3.12. The van der Waals surface area contributed by atoms with Gasteiger partial charge >= 0.3 is 0 Å². The molecule has 1 fully saturated rings. The fourth-order valence-electron chi connectivity index (χ4n) is 1.65. The third kappa shape index (κ3) is 2.07. The third-order valence-electron chi connectivity index (χ3n) is 2.45. The van der Waals surface area contributed by atoms with Crippen molar-refractivity contribution in [1.29, 1.82) is 0 Å². The van der Waals surface area contributed by atoms with Gasteiger partial charge in [0, 0.05) is 44.0 Å². The van der Waals surface area contributed by atoms with Crippen LogP contribution in [0.5, 0.6) is 0 Å². The largest absolute Gasteiger partial charge is 0.369 e. The van der Waals surface area contributed by atoms with Gasteiger partial charge in [0.15, 0.2) is 17.5 Å². The maximum absolute atomic E-state index is 12.9.